The van der Waals surface area contributed by atoms with Crippen molar-refractivity contribution in [1.29, 1.82) is 0 Å². The van der Waals surface area contributed by atoms with Gasteiger partial charge in [0.15, 0.2) is 0 Å². The third-order valence-corrected chi connectivity index (χ3v) is 2.39. The SMILES string of the molecule is CCCCCCCOC(=O)C(C)=CC(C)C. The fraction of sp³-hybridized carbons (Fsp3) is 0.786. The zero-order chi connectivity index (χ0) is 12.4. The molecule has 0 spiro atoms. The van der Waals surface area contributed by atoms with Gasteiger partial charge in [-0.15, -0.1) is 0 Å². The van der Waals surface area contributed by atoms with Gasteiger partial charge in [0.1, 0.15) is 0 Å². The molecule has 0 aromatic carbocycles. The Hall–Kier alpha value is -0.790. The Morgan fingerprint density at radius 3 is 2.38 bits per heavy atom. The molecular formula is C14H26O2. The summed E-state index contributed by atoms with van der Waals surface area (Å²) in [4.78, 5) is 11.5. The zero-order valence-electron chi connectivity index (χ0n) is 11.2. The number of carbonyl (C=O) groups excluding carboxylic acids is 1. The third-order valence-electron chi connectivity index (χ3n) is 2.39. The Balaban J connectivity index is 3.58. The molecular weight excluding hydrogens is 200 g/mol. The van der Waals surface area contributed by atoms with Crippen LogP contribution in [-0.4, -0.2) is 12.6 Å². The lowest BCUT2D eigenvalue weighted by molar-refractivity contribution is -0.139. The van der Waals surface area contributed by atoms with Gasteiger partial charge in [-0.25, -0.2) is 4.79 Å². The third kappa shape index (κ3) is 8.51. The topological polar surface area (TPSA) is 26.3 Å². The fourth-order valence-corrected chi connectivity index (χ4v) is 1.55. The van der Waals surface area contributed by atoms with Gasteiger partial charge in [-0.1, -0.05) is 52.5 Å². The number of rotatable bonds is 8. The monoisotopic (exact) mass is 226 g/mol. The van der Waals surface area contributed by atoms with E-state index in [0.717, 1.165) is 18.4 Å². The Bertz CT molecular complexity index is 217. The first-order chi connectivity index (χ1) is 7.57. The lowest BCUT2D eigenvalue weighted by Gasteiger charge is -2.05. The molecule has 0 saturated heterocycles. The van der Waals surface area contributed by atoms with Crippen molar-refractivity contribution in [3.05, 3.63) is 11.6 Å². The van der Waals surface area contributed by atoms with E-state index in [4.69, 9.17) is 4.74 Å². The van der Waals surface area contributed by atoms with E-state index in [0.29, 0.717) is 12.5 Å². The molecule has 0 aromatic heterocycles. The Morgan fingerprint density at radius 2 is 1.81 bits per heavy atom. The molecule has 0 rings (SSSR count). The van der Waals surface area contributed by atoms with Crippen molar-refractivity contribution < 1.29 is 9.53 Å². The van der Waals surface area contributed by atoms with Crippen LogP contribution in [0.4, 0.5) is 0 Å². The van der Waals surface area contributed by atoms with E-state index in [-0.39, 0.29) is 5.97 Å². The molecule has 0 amide bonds. The van der Waals surface area contributed by atoms with Gasteiger partial charge in [-0.3, -0.25) is 0 Å². The van der Waals surface area contributed by atoms with Crippen LogP contribution in [0.5, 0.6) is 0 Å². The summed E-state index contributed by atoms with van der Waals surface area (Å²) in [6.45, 7) is 8.69. The molecule has 0 N–H and O–H groups in total. The van der Waals surface area contributed by atoms with E-state index in [1.807, 2.05) is 13.0 Å². The minimum absolute atomic E-state index is 0.163. The highest BCUT2D eigenvalue weighted by molar-refractivity contribution is 5.87. The minimum Gasteiger partial charge on any atom is -0.462 e. The van der Waals surface area contributed by atoms with Crippen LogP contribution < -0.4 is 0 Å². The molecule has 0 aliphatic carbocycles. The van der Waals surface area contributed by atoms with E-state index >= 15 is 0 Å². The van der Waals surface area contributed by atoms with Crippen molar-refractivity contribution in [1.82, 2.24) is 0 Å². The average Bonchev–Trinajstić information content (AvgIpc) is 2.21. The molecule has 0 aliphatic rings. The molecule has 0 atom stereocenters. The van der Waals surface area contributed by atoms with Crippen LogP contribution in [0.15, 0.2) is 11.6 Å². The van der Waals surface area contributed by atoms with Crippen molar-refractivity contribution >= 4 is 5.97 Å². The van der Waals surface area contributed by atoms with Crippen LogP contribution in [0.1, 0.15) is 59.8 Å². The zero-order valence-corrected chi connectivity index (χ0v) is 11.2. The van der Waals surface area contributed by atoms with E-state index < -0.39 is 0 Å². The van der Waals surface area contributed by atoms with Gasteiger partial charge in [0, 0.05) is 5.57 Å². The summed E-state index contributed by atoms with van der Waals surface area (Å²) in [6.07, 6.45) is 7.86. The van der Waals surface area contributed by atoms with Crippen LogP contribution in [0.25, 0.3) is 0 Å². The molecule has 2 heteroatoms. The van der Waals surface area contributed by atoms with Gasteiger partial charge in [-0.2, -0.15) is 0 Å². The van der Waals surface area contributed by atoms with Crippen molar-refractivity contribution in [2.24, 2.45) is 5.92 Å². The first kappa shape index (κ1) is 15.2. The highest BCUT2D eigenvalue weighted by Crippen LogP contribution is 2.06. The maximum atomic E-state index is 11.5. The summed E-state index contributed by atoms with van der Waals surface area (Å²) < 4.78 is 5.18. The van der Waals surface area contributed by atoms with Crippen LogP contribution in [-0.2, 0) is 9.53 Å². The number of hydrogen-bond donors (Lipinski definition) is 0. The highest BCUT2D eigenvalue weighted by atomic mass is 16.5. The Kier molecular flexibility index (Phi) is 8.97. The van der Waals surface area contributed by atoms with Crippen molar-refractivity contribution in [2.75, 3.05) is 6.61 Å². The van der Waals surface area contributed by atoms with Gasteiger partial charge < -0.3 is 4.74 Å². The normalized spacial score (nSPS) is 11.9. The maximum absolute atomic E-state index is 11.5. The molecule has 0 aliphatic heterocycles. The maximum Gasteiger partial charge on any atom is 0.333 e. The van der Waals surface area contributed by atoms with E-state index in [9.17, 15) is 4.79 Å². The van der Waals surface area contributed by atoms with Crippen LogP contribution in [0.3, 0.4) is 0 Å². The van der Waals surface area contributed by atoms with Crippen molar-refractivity contribution in [3.63, 3.8) is 0 Å². The summed E-state index contributed by atoms with van der Waals surface area (Å²) in [6, 6.07) is 0. The number of esters is 1. The molecule has 0 heterocycles. The number of ether oxygens (including phenoxy) is 1. The van der Waals surface area contributed by atoms with E-state index in [1.54, 1.807) is 0 Å². The molecule has 16 heavy (non-hydrogen) atoms. The summed E-state index contributed by atoms with van der Waals surface area (Å²) in [5, 5.41) is 0. The van der Waals surface area contributed by atoms with Gasteiger partial charge >= 0.3 is 5.97 Å². The Morgan fingerprint density at radius 1 is 1.19 bits per heavy atom. The molecule has 94 valence electrons. The number of hydrogen-bond acceptors (Lipinski definition) is 2. The first-order valence-corrected chi connectivity index (χ1v) is 6.43. The Labute approximate surface area is 100 Å². The average molecular weight is 226 g/mol. The lowest BCUT2D eigenvalue weighted by Crippen LogP contribution is -2.07. The number of carbonyl (C=O) groups is 1. The number of unbranched alkanes of at least 4 members (excludes halogenated alkanes) is 4. The van der Waals surface area contributed by atoms with Gasteiger partial charge in [0.2, 0.25) is 0 Å². The predicted octanol–water partition coefficient (Wildman–Crippen LogP) is 4.10. The molecule has 0 fully saturated rings. The lowest BCUT2D eigenvalue weighted by atomic mass is 10.1. The first-order valence-electron chi connectivity index (χ1n) is 6.43. The predicted molar refractivity (Wildman–Crippen MR) is 68.3 cm³/mol. The fourth-order valence-electron chi connectivity index (χ4n) is 1.55. The standard InChI is InChI=1S/C14H26O2/c1-5-6-7-8-9-10-16-14(15)13(4)11-12(2)3/h11-12H,5-10H2,1-4H3. The number of allylic oxidation sites excluding steroid dienone is 1. The largest absolute Gasteiger partial charge is 0.462 e. The van der Waals surface area contributed by atoms with Crippen molar-refractivity contribution in [3.8, 4) is 0 Å². The highest BCUT2D eigenvalue weighted by Gasteiger charge is 2.05. The smallest absolute Gasteiger partial charge is 0.333 e. The van der Waals surface area contributed by atoms with Crippen LogP contribution >= 0.6 is 0 Å². The molecule has 2 nitrogen and oxygen atoms in total. The summed E-state index contributed by atoms with van der Waals surface area (Å²) >= 11 is 0. The summed E-state index contributed by atoms with van der Waals surface area (Å²) in [5.41, 5.74) is 0.726. The van der Waals surface area contributed by atoms with Gasteiger partial charge in [0.05, 0.1) is 6.61 Å². The molecule has 0 saturated carbocycles. The molecule has 0 unspecified atom stereocenters. The molecule has 0 bridgehead atoms. The second-order valence-electron chi connectivity index (χ2n) is 4.64. The summed E-state index contributed by atoms with van der Waals surface area (Å²) in [5.74, 6) is 0.237. The van der Waals surface area contributed by atoms with Crippen LogP contribution in [0, 0.1) is 5.92 Å². The quantitative estimate of drug-likeness (QED) is 0.354. The van der Waals surface area contributed by atoms with E-state index in [2.05, 4.69) is 20.8 Å². The molecule has 0 radical (unpaired) electrons. The van der Waals surface area contributed by atoms with E-state index in [1.165, 1.54) is 19.3 Å². The molecule has 0 aromatic rings. The van der Waals surface area contributed by atoms with Gasteiger partial charge in [0.25, 0.3) is 0 Å². The second-order valence-corrected chi connectivity index (χ2v) is 4.64. The van der Waals surface area contributed by atoms with Gasteiger partial charge in [-0.05, 0) is 19.3 Å². The summed E-state index contributed by atoms with van der Waals surface area (Å²) in [7, 11) is 0. The van der Waals surface area contributed by atoms with Crippen LogP contribution in [0.2, 0.25) is 0 Å². The second kappa shape index (κ2) is 9.44. The minimum atomic E-state index is -0.163. The van der Waals surface area contributed by atoms with Crippen molar-refractivity contribution in [2.45, 2.75) is 59.8 Å².